The van der Waals surface area contributed by atoms with E-state index in [0.717, 1.165) is 19.3 Å². The Labute approximate surface area is 212 Å². The number of carbonyl (C=O) groups is 3. The van der Waals surface area contributed by atoms with Crippen molar-refractivity contribution in [3.05, 3.63) is 23.8 Å². The lowest BCUT2D eigenvalue weighted by Gasteiger charge is -2.41. The number of hydrogen-bond acceptors (Lipinski definition) is 7. The van der Waals surface area contributed by atoms with E-state index in [0.29, 0.717) is 30.9 Å². The fraction of sp³-hybridized carbons (Fsp3) is 0.667. The van der Waals surface area contributed by atoms with Gasteiger partial charge < -0.3 is 30.3 Å². The van der Waals surface area contributed by atoms with Crippen molar-refractivity contribution in [2.24, 2.45) is 11.3 Å². The minimum absolute atomic E-state index is 0.00288. The number of nitrogens with zero attached hydrogens (tertiary/aromatic N) is 1. The van der Waals surface area contributed by atoms with Crippen LogP contribution in [0.5, 0.6) is 11.5 Å². The molecule has 1 aromatic carbocycles. The number of phenolic OH excluding ortho intramolecular Hbond substituents is 2. The zero-order valence-electron chi connectivity index (χ0n) is 21.7. The molecule has 1 aromatic rings. The number of carbonyl (C=O) groups excluding carboxylic acids is 3. The van der Waals surface area contributed by atoms with E-state index in [4.69, 9.17) is 4.74 Å². The van der Waals surface area contributed by atoms with E-state index in [1.54, 1.807) is 4.90 Å². The minimum Gasteiger partial charge on any atom is -0.504 e. The number of amides is 2. The van der Waals surface area contributed by atoms with Gasteiger partial charge in [0, 0.05) is 31.3 Å². The maximum atomic E-state index is 13.1. The molecule has 0 spiro atoms. The predicted molar refractivity (Wildman–Crippen MR) is 133 cm³/mol. The Morgan fingerprint density at radius 1 is 1.17 bits per heavy atom. The maximum Gasteiger partial charge on any atom is 0.329 e. The minimum atomic E-state index is -1.37. The quantitative estimate of drug-likeness (QED) is 0.300. The molecule has 2 fully saturated rings. The van der Waals surface area contributed by atoms with Crippen LogP contribution >= 0.6 is 0 Å². The Morgan fingerprint density at radius 3 is 2.53 bits per heavy atom. The fourth-order valence-electron chi connectivity index (χ4n) is 5.63. The van der Waals surface area contributed by atoms with E-state index in [1.165, 1.54) is 18.2 Å². The van der Waals surface area contributed by atoms with Gasteiger partial charge in [0.1, 0.15) is 17.7 Å². The molecule has 4 unspecified atom stereocenters. The first-order valence-electron chi connectivity index (χ1n) is 12.9. The number of aliphatic hydroxyl groups is 1. The van der Waals surface area contributed by atoms with Gasteiger partial charge in [0.05, 0.1) is 0 Å². The van der Waals surface area contributed by atoms with Gasteiger partial charge in [-0.3, -0.25) is 9.59 Å². The summed E-state index contributed by atoms with van der Waals surface area (Å²) in [5, 5.41) is 31.6. The third-order valence-electron chi connectivity index (χ3n) is 8.43. The molecule has 0 radical (unpaired) electrons. The number of ether oxygens (including phenoxy) is 1. The second-order valence-electron chi connectivity index (χ2n) is 10.8. The number of esters is 1. The van der Waals surface area contributed by atoms with Crippen LogP contribution in [-0.4, -0.2) is 68.8 Å². The molecule has 1 saturated heterocycles. The number of aromatic hydroxyl groups is 2. The third kappa shape index (κ3) is 5.77. The smallest absolute Gasteiger partial charge is 0.329 e. The number of rotatable bonds is 9. The molecule has 4 atom stereocenters. The Bertz CT molecular complexity index is 979. The van der Waals surface area contributed by atoms with Gasteiger partial charge in [-0.25, -0.2) is 4.79 Å². The van der Waals surface area contributed by atoms with E-state index in [9.17, 15) is 29.7 Å². The molecule has 3 rings (SSSR count). The van der Waals surface area contributed by atoms with Crippen LogP contribution in [0.25, 0.3) is 0 Å². The third-order valence-corrected chi connectivity index (χ3v) is 8.43. The summed E-state index contributed by atoms with van der Waals surface area (Å²) in [5.74, 6) is -1.38. The second kappa shape index (κ2) is 11.1. The largest absolute Gasteiger partial charge is 0.504 e. The molecule has 0 aromatic heterocycles. The molecule has 9 nitrogen and oxygen atoms in total. The SMILES string of the molecule is CCC1CCC(C)(OC(=O)C2CCCN2C(=O)CCNC(=O)C(O)Cc2ccc(O)c(O)c2)C1(C)C. The van der Waals surface area contributed by atoms with Crippen LogP contribution in [0.2, 0.25) is 0 Å². The number of phenols is 2. The molecule has 1 aliphatic heterocycles. The van der Waals surface area contributed by atoms with Crippen molar-refractivity contribution in [3.8, 4) is 11.5 Å². The van der Waals surface area contributed by atoms with Crippen LogP contribution in [0.4, 0.5) is 0 Å². The Balaban J connectivity index is 1.49. The van der Waals surface area contributed by atoms with Gasteiger partial charge in [-0.15, -0.1) is 0 Å². The van der Waals surface area contributed by atoms with Gasteiger partial charge in [-0.1, -0.05) is 33.3 Å². The first kappa shape index (κ1) is 27.8. The van der Waals surface area contributed by atoms with Gasteiger partial charge in [0.15, 0.2) is 11.5 Å². The molecule has 2 aliphatic rings. The first-order valence-corrected chi connectivity index (χ1v) is 12.9. The highest BCUT2D eigenvalue weighted by molar-refractivity contribution is 5.86. The average Bonchev–Trinajstić information content (AvgIpc) is 3.39. The zero-order valence-corrected chi connectivity index (χ0v) is 21.7. The van der Waals surface area contributed by atoms with Crippen molar-refractivity contribution in [1.29, 1.82) is 0 Å². The van der Waals surface area contributed by atoms with Gasteiger partial charge in [-0.2, -0.15) is 0 Å². The molecule has 2 amide bonds. The summed E-state index contributed by atoms with van der Waals surface area (Å²) in [6.07, 6.45) is 2.71. The molecule has 36 heavy (non-hydrogen) atoms. The highest BCUT2D eigenvalue weighted by Gasteiger charge is 2.54. The van der Waals surface area contributed by atoms with E-state index < -0.39 is 23.7 Å². The summed E-state index contributed by atoms with van der Waals surface area (Å²) >= 11 is 0. The highest BCUT2D eigenvalue weighted by atomic mass is 16.6. The van der Waals surface area contributed by atoms with Crippen LogP contribution in [0.3, 0.4) is 0 Å². The molecule has 4 N–H and O–H groups in total. The topological polar surface area (TPSA) is 136 Å². The number of benzene rings is 1. The Hall–Kier alpha value is -2.81. The van der Waals surface area contributed by atoms with Gasteiger partial charge in [0.2, 0.25) is 11.8 Å². The first-order chi connectivity index (χ1) is 16.9. The van der Waals surface area contributed by atoms with Crippen molar-refractivity contribution in [2.45, 2.75) is 90.4 Å². The number of nitrogens with one attached hydrogen (secondary N) is 1. The summed E-state index contributed by atoms with van der Waals surface area (Å²) in [4.78, 5) is 39.8. The number of aliphatic hydroxyl groups excluding tert-OH is 1. The van der Waals surface area contributed by atoms with Gasteiger partial charge in [0.25, 0.3) is 0 Å². The number of likely N-dealkylation sites (tertiary alicyclic amines) is 1. The maximum absolute atomic E-state index is 13.1. The lowest BCUT2D eigenvalue weighted by atomic mass is 9.72. The lowest BCUT2D eigenvalue weighted by Crippen LogP contribution is -2.49. The van der Waals surface area contributed by atoms with Crippen LogP contribution in [0.1, 0.15) is 71.8 Å². The second-order valence-corrected chi connectivity index (χ2v) is 10.8. The van der Waals surface area contributed by atoms with E-state index >= 15 is 0 Å². The predicted octanol–water partition coefficient (Wildman–Crippen LogP) is 2.65. The molecule has 1 heterocycles. The summed E-state index contributed by atoms with van der Waals surface area (Å²) in [6, 6.07) is 3.44. The zero-order chi connectivity index (χ0) is 26.7. The summed E-state index contributed by atoms with van der Waals surface area (Å²) in [5.41, 5.74) is -0.234. The molecular weight excluding hydrogens is 464 g/mol. The number of hydrogen-bond donors (Lipinski definition) is 4. The molecular formula is C27H40N2O7. The summed E-state index contributed by atoms with van der Waals surface area (Å²) in [6.45, 7) is 8.96. The van der Waals surface area contributed by atoms with Crippen LogP contribution in [0.15, 0.2) is 18.2 Å². The molecule has 9 heteroatoms. The fourth-order valence-corrected chi connectivity index (χ4v) is 5.63. The van der Waals surface area contributed by atoms with Crippen LogP contribution < -0.4 is 5.32 Å². The normalized spacial score (nSPS) is 26.0. The van der Waals surface area contributed by atoms with Crippen molar-refractivity contribution in [1.82, 2.24) is 10.2 Å². The Morgan fingerprint density at radius 2 is 1.89 bits per heavy atom. The van der Waals surface area contributed by atoms with Crippen LogP contribution in [0, 0.1) is 11.3 Å². The van der Waals surface area contributed by atoms with Crippen molar-refractivity contribution in [3.63, 3.8) is 0 Å². The van der Waals surface area contributed by atoms with Crippen molar-refractivity contribution >= 4 is 17.8 Å². The van der Waals surface area contributed by atoms with Crippen molar-refractivity contribution < 1.29 is 34.4 Å². The molecule has 200 valence electrons. The van der Waals surface area contributed by atoms with Gasteiger partial charge in [-0.05, 0) is 56.2 Å². The molecule has 1 saturated carbocycles. The monoisotopic (exact) mass is 504 g/mol. The van der Waals surface area contributed by atoms with E-state index in [2.05, 4.69) is 26.1 Å². The van der Waals surface area contributed by atoms with Crippen LogP contribution in [-0.2, 0) is 25.5 Å². The Kier molecular flexibility index (Phi) is 8.54. The lowest BCUT2D eigenvalue weighted by molar-refractivity contribution is -0.176. The van der Waals surface area contributed by atoms with Gasteiger partial charge >= 0.3 is 5.97 Å². The molecule has 1 aliphatic carbocycles. The highest BCUT2D eigenvalue weighted by Crippen LogP contribution is 2.53. The average molecular weight is 505 g/mol. The van der Waals surface area contributed by atoms with Crippen molar-refractivity contribution in [2.75, 3.05) is 13.1 Å². The molecule has 0 bridgehead atoms. The standard InChI is InChI=1S/C27H40N2O7/c1-5-18-10-12-27(4,26(18,2)3)36-25(35)19-7-6-14-29(19)23(33)11-13-28-24(34)22(32)16-17-8-9-20(30)21(31)15-17/h8-9,15,18-19,22,30-32H,5-7,10-14,16H2,1-4H3,(H,28,34). The summed E-state index contributed by atoms with van der Waals surface area (Å²) < 4.78 is 6.09. The van der Waals surface area contributed by atoms with E-state index in [1.807, 2.05) is 6.92 Å². The summed E-state index contributed by atoms with van der Waals surface area (Å²) in [7, 11) is 0. The van der Waals surface area contributed by atoms with E-state index in [-0.39, 0.29) is 48.2 Å².